The number of Topliss-reactive ketones (excluding diaryl/α,β-unsaturated/α-hetero) is 1. The minimum atomic E-state index is -0.734. The minimum Gasteiger partial charge on any atom is -0.444 e. The first-order valence-electron chi connectivity index (χ1n) is 15.4. The van der Waals surface area contributed by atoms with Crippen molar-refractivity contribution in [2.75, 3.05) is 35.7 Å². The van der Waals surface area contributed by atoms with E-state index in [9.17, 15) is 14.4 Å². The van der Waals surface area contributed by atoms with Gasteiger partial charge < -0.3 is 24.4 Å². The van der Waals surface area contributed by atoms with E-state index in [2.05, 4.69) is 34.6 Å². The van der Waals surface area contributed by atoms with Gasteiger partial charge in [-0.2, -0.15) is 5.10 Å². The monoisotopic (exact) mass is 654 g/mol. The van der Waals surface area contributed by atoms with E-state index in [1.54, 1.807) is 61.9 Å². The average molecular weight is 655 g/mol. The van der Waals surface area contributed by atoms with Gasteiger partial charge in [0, 0.05) is 25.8 Å². The quantitative estimate of drug-likeness (QED) is 0.163. The molecular formula is C33H43ClN6O6. The summed E-state index contributed by atoms with van der Waals surface area (Å²) in [6.45, 7) is 11.0. The van der Waals surface area contributed by atoms with Gasteiger partial charge in [-0.25, -0.2) is 14.5 Å². The first kappa shape index (κ1) is 34.9. The molecule has 1 fully saturated rings. The zero-order valence-electron chi connectivity index (χ0n) is 27.3. The molecule has 0 bridgehead atoms. The molecular weight excluding hydrogens is 612 g/mol. The first-order valence-corrected chi connectivity index (χ1v) is 15.8. The lowest BCUT2D eigenvalue weighted by atomic mass is 10.1. The maximum atomic E-state index is 13.2. The largest absolute Gasteiger partial charge is 0.444 e. The van der Waals surface area contributed by atoms with E-state index in [4.69, 9.17) is 25.8 Å². The lowest BCUT2D eigenvalue weighted by molar-refractivity contribution is -0.170. The van der Waals surface area contributed by atoms with Gasteiger partial charge in [0.05, 0.1) is 34.2 Å². The smallest absolute Gasteiger partial charge is 0.412 e. The number of halogens is 1. The van der Waals surface area contributed by atoms with E-state index < -0.39 is 29.8 Å². The highest BCUT2D eigenvalue weighted by molar-refractivity contribution is 6.34. The summed E-state index contributed by atoms with van der Waals surface area (Å²) in [7, 11) is 1.89. The number of nitrogens with one attached hydrogen (secondary N) is 2. The normalized spacial score (nSPS) is 15.0. The molecule has 0 spiro atoms. The third kappa shape index (κ3) is 10.0. The summed E-state index contributed by atoms with van der Waals surface area (Å²) in [5.41, 5.74) is 1.37. The molecule has 2 N–H and O–H groups in total. The van der Waals surface area contributed by atoms with Crippen molar-refractivity contribution in [1.82, 2.24) is 14.8 Å². The van der Waals surface area contributed by atoms with E-state index in [1.165, 1.54) is 6.33 Å². The predicted molar refractivity (Wildman–Crippen MR) is 177 cm³/mol. The molecule has 1 aliphatic rings. The minimum absolute atomic E-state index is 0.194. The van der Waals surface area contributed by atoms with Crippen LogP contribution in [0, 0.1) is 5.92 Å². The zero-order chi connectivity index (χ0) is 33.4. The molecule has 3 aromatic rings. The molecule has 0 radical (unpaired) electrons. The number of nitrogens with zero attached hydrogens (tertiary/aromatic N) is 4. The van der Waals surface area contributed by atoms with Crippen LogP contribution in [0.15, 0.2) is 42.7 Å². The van der Waals surface area contributed by atoms with E-state index in [0.29, 0.717) is 46.9 Å². The van der Waals surface area contributed by atoms with Crippen LogP contribution in [0.25, 0.3) is 5.69 Å². The molecule has 1 aromatic heterocycles. The third-order valence-electron chi connectivity index (χ3n) is 6.94. The topological polar surface area (TPSA) is 137 Å². The number of anilines is 3. The Kier molecular flexibility index (Phi) is 11.8. The van der Waals surface area contributed by atoms with Crippen LogP contribution in [0.3, 0.4) is 0 Å². The van der Waals surface area contributed by atoms with Crippen molar-refractivity contribution in [3.8, 4) is 5.69 Å². The lowest BCUT2D eigenvalue weighted by Crippen LogP contribution is -2.28. The average Bonchev–Trinajstić information content (AvgIpc) is 3.45. The Labute approximate surface area is 274 Å². The molecule has 248 valence electrons. The number of aromatic nitrogens is 3. The first-order chi connectivity index (χ1) is 21.8. The predicted octanol–water partition coefficient (Wildman–Crippen LogP) is 6.61. The van der Waals surface area contributed by atoms with Crippen LogP contribution < -0.4 is 15.5 Å². The number of benzene rings is 2. The molecule has 0 aliphatic carbocycles. The van der Waals surface area contributed by atoms with Gasteiger partial charge in [-0.05, 0) is 70.2 Å². The molecule has 1 atom stereocenters. The van der Waals surface area contributed by atoms with E-state index in [0.717, 1.165) is 19.3 Å². The van der Waals surface area contributed by atoms with Gasteiger partial charge in [0.2, 0.25) is 5.91 Å². The van der Waals surface area contributed by atoms with Crippen molar-refractivity contribution in [1.29, 1.82) is 0 Å². The fourth-order valence-corrected chi connectivity index (χ4v) is 5.27. The molecule has 2 amide bonds. The second kappa shape index (κ2) is 15.5. The Hall–Kier alpha value is -4.00. The second-order valence-electron chi connectivity index (χ2n) is 12.6. The lowest BCUT2D eigenvalue weighted by Gasteiger charge is -2.25. The van der Waals surface area contributed by atoms with E-state index >= 15 is 0 Å². The molecule has 2 aromatic carbocycles. The Morgan fingerprint density at radius 1 is 1.13 bits per heavy atom. The van der Waals surface area contributed by atoms with Gasteiger partial charge in [0.15, 0.2) is 17.9 Å². The Bertz CT molecular complexity index is 1530. The van der Waals surface area contributed by atoms with Gasteiger partial charge in [0.25, 0.3) is 0 Å². The van der Waals surface area contributed by atoms with Crippen LogP contribution >= 0.6 is 11.6 Å². The third-order valence-corrected chi connectivity index (χ3v) is 7.24. The summed E-state index contributed by atoms with van der Waals surface area (Å²) >= 11 is 6.62. The highest BCUT2D eigenvalue weighted by atomic mass is 35.5. The van der Waals surface area contributed by atoms with Gasteiger partial charge in [0.1, 0.15) is 18.5 Å². The van der Waals surface area contributed by atoms with Crippen molar-refractivity contribution in [2.45, 2.75) is 78.8 Å². The molecule has 12 nitrogen and oxygen atoms in total. The fourth-order valence-electron chi connectivity index (χ4n) is 4.96. The molecule has 1 unspecified atom stereocenters. The Balaban J connectivity index is 1.48. The molecule has 46 heavy (non-hydrogen) atoms. The Morgan fingerprint density at radius 2 is 1.89 bits per heavy atom. The van der Waals surface area contributed by atoms with Gasteiger partial charge in [-0.3, -0.25) is 14.9 Å². The summed E-state index contributed by atoms with van der Waals surface area (Å²) in [6.07, 6.45) is 2.89. The highest BCUT2D eigenvalue weighted by Crippen LogP contribution is 2.36. The summed E-state index contributed by atoms with van der Waals surface area (Å²) in [4.78, 5) is 45.3. The Morgan fingerprint density at radius 3 is 2.59 bits per heavy atom. The van der Waals surface area contributed by atoms with Gasteiger partial charge in [-0.15, -0.1) is 0 Å². The summed E-state index contributed by atoms with van der Waals surface area (Å²) < 4.78 is 18.5. The number of ether oxygens (including phenoxy) is 3. The van der Waals surface area contributed by atoms with Crippen LogP contribution in [0.5, 0.6) is 0 Å². The van der Waals surface area contributed by atoms with Crippen LogP contribution in [0.4, 0.5) is 21.9 Å². The van der Waals surface area contributed by atoms with Crippen molar-refractivity contribution in [2.24, 2.45) is 5.92 Å². The molecule has 1 saturated heterocycles. The van der Waals surface area contributed by atoms with Gasteiger partial charge >= 0.3 is 6.09 Å². The number of ketones is 1. The maximum Gasteiger partial charge on any atom is 0.412 e. The number of hydrogen-bond acceptors (Lipinski definition) is 9. The second-order valence-corrected chi connectivity index (χ2v) is 13.1. The van der Waals surface area contributed by atoms with Crippen molar-refractivity contribution >= 4 is 46.4 Å². The highest BCUT2D eigenvalue weighted by Gasteiger charge is 2.22. The summed E-state index contributed by atoms with van der Waals surface area (Å²) in [6, 6.07) is 10.0. The number of rotatable bonds is 12. The van der Waals surface area contributed by atoms with E-state index in [-0.39, 0.29) is 24.3 Å². The number of amides is 2. The van der Waals surface area contributed by atoms with Crippen LogP contribution in [-0.4, -0.2) is 64.6 Å². The maximum absolute atomic E-state index is 13.2. The molecule has 1 aliphatic heterocycles. The molecule has 4 rings (SSSR count). The number of carbonyl (C=O) groups excluding carboxylic acids is 3. The number of carbonyl (C=O) groups is 3. The molecule has 13 heteroatoms. The number of hydrogen-bond donors (Lipinski definition) is 2. The van der Waals surface area contributed by atoms with Crippen molar-refractivity contribution in [3.05, 3.63) is 59.1 Å². The fraction of sp³-hybridized carbons (Fsp3) is 0.485. The van der Waals surface area contributed by atoms with Crippen LogP contribution in [0.2, 0.25) is 5.02 Å². The summed E-state index contributed by atoms with van der Waals surface area (Å²) in [5.74, 6) is -0.0769. The van der Waals surface area contributed by atoms with Crippen molar-refractivity contribution in [3.63, 3.8) is 0 Å². The molecule has 0 saturated carbocycles. The van der Waals surface area contributed by atoms with Crippen LogP contribution in [0.1, 0.15) is 76.5 Å². The van der Waals surface area contributed by atoms with E-state index in [1.807, 2.05) is 11.9 Å². The van der Waals surface area contributed by atoms with Gasteiger partial charge in [-0.1, -0.05) is 37.6 Å². The SMILES string of the molecule is CC(C)CN(C)c1cc(NC(=O)OC(C)(C)C)c(NC(=O)CC(=O)c2cccc(-n3ncnc3COC3CCCCO3)c2)cc1Cl. The van der Waals surface area contributed by atoms with Crippen molar-refractivity contribution < 1.29 is 28.6 Å². The molecule has 2 heterocycles. The standard InChI is InChI=1S/C33H43ClN6O6/c1-21(2)18-39(6)27-16-26(38-32(43)46-33(3,4)5)25(15-24(27)34)37-30(42)17-28(41)22-10-9-11-23(14-22)40-29(35-20-36-40)19-45-31-12-7-8-13-44-31/h9-11,14-16,20-21,31H,7-8,12-13,17-19H2,1-6H3,(H,37,42)(H,38,43). The van der Waals surface area contributed by atoms with Crippen LogP contribution in [-0.2, 0) is 25.6 Å². The summed E-state index contributed by atoms with van der Waals surface area (Å²) in [5, 5.41) is 10.1. The zero-order valence-corrected chi connectivity index (χ0v) is 28.0.